The van der Waals surface area contributed by atoms with Crippen molar-refractivity contribution in [3.63, 3.8) is 0 Å². The van der Waals surface area contributed by atoms with Gasteiger partial charge in [0, 0.05) is 25.1 Å². The second-order valence-corrected chi connectivity index (χ2v) is 12.9. The van der Waals surface area contributed by atoms with Crippen molar-refractivity contribution in [2.45, 2.75) is 50.2 Å². The zero-order valence-corrected chi connectivity index (χ0v) is 27.7. The highest BCUT2D eigenvalue weighted by molar-refractivity contribution is 7.92. The van der Waals surface area contributed by atoms with Crippen LogP contribution < -0.4 is 19.1 Å². The highest BCUT2D eigenvalue weighted by atomic mass is 32.2. The number of anilines is 1. The van der Waals surface area contributed by atoms with Crippen LogP contribution in [0.1, 0.15) is 31.4 Å². The van der Waals surface area contributed by atoms with Gasteiger partial charge in [-0.15, -0.1) is 0 Å². The highest BCUT2D eigenvalue weighted by Crippen LogP contribution is 2.34. The number of amides is 2. The monoisotopic (exact) mass is 661 g/mol. The van der Waals surface area contributed by atoms with Gasteiger partial charge in [-0.2, -0.15) is 0 Å². The zero-order chi connectivity index (χ0) is 34.0. The standard InChI is InChI=1S/C36H40FN3O6S/c1-5-26(2)38-36(42)32(22-27-12-8-6-9-13-27)39(24-28-16-18-29(37)19-17-28)35(41)25-40(47(43,44)31-14-10-7-11-15-31)30-20-21-33(45-3)34(23-30)46-4/h6-21,23,26,32H,5,22,24-25H2,1-4H3,(H,38,42)/t26-,32+/m1/s1. The molecule has 0 aliphatic rings. The molecule has 1 N–H and O–H groups in total. The van der Waals surface area contributed by atoms with E-state index < -0.39 is 34.3 Å². The lowest BCUT2D eigenvalue weighted by Gasteiger charge is -2.34. The van der Waals surface area contributed by atoms with Crippen LogP contribution in [0.3, 0.4) is 0 Å². The van der Waals surface area contributed by atoms with Gasteiger partial charge in [0.25, 0.3) is 10.0 Å². The molecule has 11 heteroatoms. The molecule has 0 bridgehead atoms. The Morgan fingerprint density at radius 1 is 0.830 bits per heavy atom. The number of carbonyl (C=O) groups excluding carboxylic acids is 2. The van der Waals surface area contributed by atoms with E-state index in [2.05, 4.69) is 5.32 Å². The van der Waals surface area contributed by atoms with Crippen LogP contribution in [0.25, 0.3) is 0 Å². The first kappa shape index (κ1) is 35.0. The Bertz CT molecular complexity index is 1740. The van der Waals surface area contributed by atoms with Crippen molar-refractivity contribution >= 4 is 27.5 Å². The second kappa shape index (κ2) is 16.1. The van der Waals surface area contributed by atoms with E-state index in [-0.39, 0.29) is 41.2 Å². The SMILES string of the molecule is CC[C@@H](C)NC(=O)[C@H](Cc1ccccc1)N(Cc1ccc(F)cc1)C(=O)CN(c1ccc(OC)c(OC)c1)S(=O)(=O)c1ccccc1. The maximum Gasteiger partial charge on any atom is 0.264 e. The van der Waals surface area contributed by atoms with E-state index >= 15 is 0 Å². The summed E-state index contributed by atoms with van der Waals surface area (Å²) in [4.78, 5) is 29.8. The van der Waals surface area contributed by atoms with Gasteiger partial charge in [0.15, 0.2) is 11.5 Å². The Hall–Kier alpha value is -4.90. The fraction of sp³-hybridized carbons (Fsp3) is 0.278. The normalized spacial score (nSPS) is 12.4. The van der Waals surface area contributed by atoms with Gasteiger partial charge in [0.05, 0.1) is 24.8 Å². The summed E-state index contributed by atoms with van der Waals surface area (Å²) in [6.07, 6.45) is 0.829. The predicted octanol–water partition coefficient (Wildman–Crippen LogP) is 5.59. The number of nitrogens with one attached hydrogen (secondary N) is 1. The summed E-state index contributed by atoms with van der Waals surface area (Å²) in [6.45, 7) is 3.09. The van der Waals surface area contributed by atoms with Gasteiger partial charge in [-0.25, -0.2) is 12.8 Å². The second-order valence-electron chi connectivity index (χ2n) is 11.0. The van der Waals surface area contributed by atoms with Crippen LogP contribution in [0.2, 0.25) is 0 Å². The number of ether oxygens (including phenoxy) is 2. The van der Waals surface area contributed by atoms with E-state index in [9.17, 15) is 22.4 Å². The molecule has 0 aromatic heterocycles. The van der Waals surface area contributed by atoms with Gasteiger partial charge in [-0.05, 0) is 60.9 Å². The molecule has 2 amide bonds. The van der Waals surface area contributed by atoms with Gasteiger partial charge >= 0.3 is 0 Å². The molecular weight excluding hydrogens is 621 g/mol. The van der Waals surface area contributed by atoms with Crippen LogP contribution in [0, 0.1) is 5.82 Å². The first-order valence-electron chi connectivity index (χ1n) is 15.2. The third kappa shape index (κ3) is 8.88. The summed E-state index contributed by atoms with van der Waals surface area (Å²) in [7, 11) is -1.40. The molecule has 0 heterocycles. The maximum atomic E-state index is 14.6. The lowest BCUT2D eigenvalue weighted by atomic mass is 10.0. The Kier molecular flexibility index (Phi) is 12.0. The summed E-state index contributed by atoms with van der Waals surface area (Å²) in [6, 6.07) is 26.0. The highest BCUT2D eigenvalue weighted by Gasteiger charge is 2.35. The quantitative estimate of drug-likeness (QED) is 0.178. The van der Waals surface area contributed by atoms with E-state index in [1.165, 1.54) is 67.7 Å². The average Bonchev–Trinajstić information content (AvgIpc) is 3.09. The van der Waals surface area contributed by atoms with E-state index in [0.29, 0.717) is 17.7 Å². The fourth-order valence-corrected chi connectivity index (χ4v) is 6.44. The van der Waals surface area contributed by atoms with E-state index in [1.54, 1.807) is 24.3 Å². The molecule has 248 valence electrons. The van der Waals surface area contributed by atoms with Crippen LogP contribution >= 0.6 is 0 Å². The summed E-state index contributed by atoms with van der Waals surface area (Å²) in [5.41, 5.74) is 1.53. The molecule has 0 aliphatic heterocycles. The third-order valence-corrected chi connectivity index (χ3v) is 9.59. The predicted molar refractivity (Wildman–Crippen MR) is 179 cm³/mol. The van der Waals surface area contributed by atoms with Gasteiger partial charge in [0.2, 0.25) is 11.8 Å². The third-order valence-electron chi connectivity index (χ3n) is 7.80. The number of nitrogens with zero attached hydrogens (tertiary/aromatic N) is 2. The van der Waals surface area contributed by atoms with Crippen LogP contribution in [-0.4, -0.2) is 58.0 Å². The Balaban J connectivity index is 1.83. The molecule has 4 rings (SSSR count). The average molecular weight is 662 g/mol. The molecule has 0 saturated heterocycles. The minimum Gasteiger partial charge on any atom is -0.493 e. The van der Waals surface area contributed by atoms with Crippen LogP contribution in [0.4, 0.5) is 10.1 Å². The lowest BCUT2D eigenvalue weighted by molar-refractivity contribution is -0.140. The number of methoxy groups -OCH3 is 2. The Morgan fingerprint density at radius 3 is 2.04 bits per heavy atom. The van der Waals surface area contributed by atoms with Crippen molar-refractivity contribution in [2.24, 2.45) is 0 Å². The fourth-order valence-electron chi connectivity index (χ4n) is 5.01. The molecule has 0 fully saturated rings. The first-order valence-corrected chi connectivity index (χ1v) is 16.7. The summed E-state index contributed by atoms with van der Waals surface area (Å²) in [5.74, 6) is -0.826. The molecule has 2 atom stereocenters. The van der Waals surface area contributed by atoms with E-state index in [0.717, 1.165) is 9.87 Å². The van der Waals surface area contributed by atoms with Gasteiger partial charge in [-0.3, -0.25) is 13.9 Å². The van der Waals surface area contributed by atoms with Crippen molar-refractivity contribution in [1.82, 2.24) is 10.2 Å². The van der Waals surface area contributed by atoms with Crippen LogP contribution in [0.5, 0.6) is 11.5 Å². The molecule has 0 unspecified atom stereocenters. The van der Waals surface area contributed by atoms with Crippen LogP contribution in [-0.2, 0) is 32.6 Å². The molecule has 0 spiro atoms. The molecule has 0 saturated carbocycles. The number of sulfonamides is 1. The number of halogens is 1. The molecule has 47 heavy (non-hydrogen) atoms. The molecule has 4 aromatic rings. The molecule has 0 aliphatic carbocycles. The van der Waals surface area contributed by atoms with Crippen molar-refractivity contribution in [1.29, 1.82) is 0 Å². The summed E-state index contributed by atoms with van der Waals surface area (Å²) < 4.78 is 54.0. The van der Waals surface area contributed by atoms with Crippen molar-refractivity contribution in [3.8, 4) is 11.5 Å². The Labute approximate surface area is 276 Å². The summed E-state index contributed by atoms with van der Waals surface area (Å²) >= 11 is 0. The number of hydrogen-bond donors (Lipinski definition) is 1. The van der Waals surface area contributed by atoms with Crippen LogP contribution in [0.15, 0.2) is 108 Å². The molecule has 0 radical (unpaired) electrons. The smallest absolute Gasteiger partial charge is 0.264 e. The minimum absolute atomic E-state index is 0.0250. The largest absolute Gasteiger partial charge is 0.493 e. The van der Waals surface area contributed by atoms with E-state index in [1.807, 2.05) is 44.2 Å². The maximum absolute atomic E-state index is 14.6. The lowest BCUT2D eigenvalue weighted by Crippen LogP contribution is -2.54. The van der Waals surface area contributed by atoms with Crippen molar-refractivity contribution in [2.75, 3.05) is 25.1 Å². The van der Waals surface area contributed by atoms with Gasteiger partial charge < -0.3 is 19.7 Å². The molecule has 4 aromatic carbocycles. The minimum atomic E-state index is -4.29. The van der Waals surface area contributed by atoms with E-state index in [4.69, 9.17) is 9.47 Å². The number of rotatable bonds is 15. The number of hydrogen-bond acceptors (Lipinski definition) is 6. The van der Waals surface area contributed by atoms with Gasteiger partial charge in [0.1, 0.15) is 18.4 Å². The molecule has 9 nitrogen and oxygen atoms in total. The number of carbonyl (C=O) groups is 2. The van der Waals surface area contributed by atoms with Gasteiger partial charge in [-0.1, -0.05) is 67.6 Å². The van der Waals surface area contributed by atoms with Crippen molar-refractivity contribution < 1.29 is 31.9 Å². The zero-order valence-electron chi connectivity index (χ0n) is 26.9. The Morgan fingerprint density at radius 2 is 1.45 bits per heavy atom. The topological polar surface area (TPSA) is 105 Å². The van der Waals surface area contributed by atoms with Crippen molar-refractivity contribution in [3.05, 3.63) is 120 Å². The summed E-state index contributed by atoms with van der Waals surface area (Å²) in [5, 5.41) is 2.99. The number of benzene rings is 4. The first-order chi connectivity index (χ1) is 22.6. The molecular formula is C36H40FN3O6S.